The molecule has 0 unspecified atom stereocenters. The fraction of sp³-hybridized carbons (Fsp3) is 0.300. The third kappa shape index (κ3) is 2.39. The SMILES string of the molecule is CCc1ccc2c(c1)[C@@H]1C=CC[C@H]1[C@H](c1ccc([N+](=O)[O-])cc1)N2. The van der Waals surface area contributed by atoms with Gasteiger partial charge in [-0.1, -0.05) is 43.3 Å². The number of nitrogens with zero attached hydrogens (tertiary/aromatic N) is 1. The zero-order chi connectivity index (χ0) is 16.7. The van der Waals surface area contributed by atoms with Crippen LogP contribution in [-0.4, -0.2) is 4.92 Å². The van der Waals surface area contributed by atoms with Gasteiger partial charge in [-0.05, 0) is 41.5 Å². The topological polar surface area (TPSA) is 55.2 Å². The zero-order valence-electron chi connectivity index (χ0n) is 13.6. The molecule has 0 amide bonds. The Morgan fingerprint density at radius 2 is 2.00 bits per heavy atom. The van der Waals surface area contributed by atoms with Gasteiger partial charge in [-0.3, -0.25) is 10.1 Å². The first-order chi connectivity index (χ1) is 11.7. The highest BCUT2D eigenvalue weighted by Gasteiger charge is 2.37. The Balaban J connectivity index is 1.71. The summed E-state index contributed by atoms with van der Waals surface area (Å²) in [6, 6.07) is 13.8. The van der Waals surface area contributed by atoms with Gasteiger partial charge >= 0.3 is 0 Å². The lowest BCUT2D eigenvalue weighted by Gasteiger charge is -2.37. The van der Waals surface area contributed by atoms with Gasteiger partial charge in [0.05, 0.1) is 11.0 Å². The Morgan fingerprint density at radius 3 is 2.71 bits per heavy atom. The lowest BCUT2D eigenvalue weighted by atomic mass is 9.76. The summed E-state index contributed by atoms with van der Waals surface area (Å²) in [7, 11) is 0. The monoisotopic (exact) mass is 320 g/mol. The van der Waals surface area contributed by atoms with Crippen LogP contribution in [-0.2, 0) is 6.42 Å². The van der Waals surface area contributed by atoms with E-state index in [-0.39, 0.29) is 16.7 Å². The van der Waals surface area contributed by atoms with E-state index in [1.54, 1.807) is 12.1 Å². The van der Waals surface area contributed by atoms with Crippen LogP contribution in [0.3, 0.4) is 0 Å². The van der Waals surface area contributed by atoms with Crippen LogP contribution in [0, 0.1) is 16.0 Å². The predicted octanol–water partition coefficient (Wildman–Crippen LogP) is 4.98. The predicted molar refractivity (Wildman–Crippen MR) is 95.3 cm³/mol. The number of rotatable bonds is 3. The van der Waals surface area contributed by atoms with Crippen molar-refractivity contribution >= 4 is 11.4 Å². The molecule has 4 heteroatoms. The molecule has 0 fully saturated rings. The molecule has 0 saturated heterocycles. The number of nitro groups is 1. The summed E-state index contributed by atoms with van der Waals surface area (Å²) in [5, 5.41) is 14.5. The van der Waals surface area contributed by atoms with E-state index in [0.717, 1.165) is 18.4 Å². The van der Waals surface area contributed by atoms with Gasteiger partial charge in [0.2, 0.25) is 0 Å². The quantitative estimate of drug-likeness (QED) is 0.493. The molecule has 0 bridgehead atoms. The van der Waals surface area contributed by atoms with Crippen molar-refractivity contribution in [1.82, 2.24) is 0 Å². The molecule has 1 N–H and O–H groups in total. The molecule has 2 aromatic carbocycles. The van der Waals surface area contributed by atoms with Crippen molar-refractivity contribution in [1.29, 1.82) is 0 Å². The first-order valence-corrected chi connectivity index (χ1v) is 8.47. The minimum Gasteiger partial charge on any atom is -0.378 e. The van der Waals surface area contributed by atoms with Crippen LogP contribution >= 0.6 is 0 Å². The van der Waals surface area contributed by atoms with Crippen molar-refractivity contribution in [3.63, 3.8) is 0 Å². The van der Waals surface area contributed by atoms with Crippen LogP contribution < -0.4 is 5.32 Å². The Labute approximate surface area is 141 Å². The van der Waals surface area contributed by atoms with Crippen LogP contribution in [0.15, 0.2) is 54.6 Å². The second-order valence-corrected chi connectivity index (χ2v) is 6.60. The van der Waals surface area contributed by atoms with Gasteiger partial charge in [0, 0.05) is 23.7 Å². The van der Waals surface area contributed by atoms with Crippen molar-refractivity contribution in [2.24, 2.45) is 5.92 Å². The van der Waals surface area contributed by atoms with Crippen LogP contribution in [0.5, 0.6) is 0 Å². The van der Waals surface area contributed by atoms with Crippen molar-refractivity contribution in [2.75, 3.05) is 5.32 Å². The molecule has 4 rings (SSSR count). The molecule has 4 nitrogen and oxygen atoms in total. The normalized spacial score (nSPS) is 24.1. The van der Waals surface area contributed by atoms with Crippen molar-refractivity contribution < 1.29 is 4.92 Å². The minimum atomic E-state index is -0.348. The van der Waals surface area contributed by atoms with E-state index in [9.17, 15) is 10.1 Å². The van der Waals surface area contributed by atoms with E-state index in [4.69, 9.17) is 0 Å². The number of nitrogens with one attached hydrogen (secondary N) is 1. The summed E-state index contributed by atoms with van der Waals surface area (Å²) in [6.07, 6.45) is 6.67. The fourth-order valence-corrected chi connectivity index (χ4v) is 4.00. The molecule has 0 aromatic heterocycles. The summed E-state index contributed by atoms with van der Waals surface area (Å²) in [4.78, 5) is 10.5. The van der Waals surface area contributed by atoms with Crippen LogP contribution in [0.1, 0.15) is 42.0 Å². The number of nitro benzene ring substituents is 1. The number of fused-ring (bicyclic) bond motifs is 3. The average Bonchev–Trinajstić information content (AvgIpc) is 3.10. The molecular formula is C20H20N2O2. The summed E-state index contributed by atoms with van der Waals surface area (Å²) < 4.78 is 0. The van der Waals surface area contributed by atoms with Gasteiger partial charge in [-0.25, -0.2) is 0 Å². The van der Waals surface area contributed by atoms with Gasteiger partial charge in [0.1, 0.15) is 0 Å². The summed E-state index contributed by atoms with van der Waals surface area (Å²) in [5.74, 6) is 0.888. The molecule has 122 valence electrons. The van der Waals surface area contributed by atoms with Crippen molar-refractivity contribution in [3.8, 4) is 0 Å². The van der Waals surface area contributed by atoms with E-state index in [1.807, 2.05) is 12.1 Å². The molecular weight excluding hydrogens is 300 g/mol. The molecule has 1 aliphatic heterocycles. The third-order valence-electron chi connectivity index (χ3n) is 5.30. The lowest BCUT2D eigenvalue weighted by molar-refractivity contribution is -0.384. The maximum Gasteiger partial charge on any atom is 0.269 e. The number of hydrogen-bond donors (Lipinski definition) is 1. The Kier molecular flexibility index (Phi) is 3.60. The van der Waals surface area contributed by atoms with Crippen LogP contribution in [0.2, 0.25) is 0 Å². The summed E-state index contributed by atoms with van der Waals surface area (Å²) in [5.41, 5.74) is 5.19. The second-order valence-electron chi connectivity index (χ2n) is 6.60. The molecule has 2 aromatic rings. The maximum absolute atomic E-state index is 10.9. The van der Waals surface area contributed by atoms with Gasteiger partial charge in [0.15, 0.2) is 0 Å². The van der Waals surface area contributed by atoms with E-state index >= 15 is 0 Å². The molecule has 1 aliphatic carbocycles. The maximum atomic E-state index is 10.9. The van der Waals surface area contributed by atoms with Crippen molar-refractivity contribution in [2.45, 2.75) is 31.7 Å². The highest BCUT2D eigenvalue weighted by molar-refractivity contribution is 5.61. The number of aryl methyl sites for hydroxylation is 1. The van der Waals surface area contributed by atoms with Gasteiger partial charge in [-0.15, -0.1) is 0 Å². The first-order valence-electron chi connectivity index (χ1n) is 8.47. The number of anilines is 1. The van der Waals surface area contributed by atoms with E-state index in [2.05, 4.69) is 42.6 Å². The van der Waals surface area contributed by atoms with Gasteiger partial charge < -0.3 is 5.32 Å². The Hall–Kier alpha value is -2.62. The number of benzene rings is 2. The van der Waals surface area contributed by atoms with E-state index in [1.165, 1.54) is 16.8 Å². The molecule has 0 saturated carbocycles. The lowest BCUT2D eigenvalue weighted by Crippen LogP contribution is -2.29. The highest BCUT2D eigenvalue weighted by Crippen LogP contribution is 2.50. The Morgan fingerprint density at radius 1 is 1.21 bits per heavy atom. The third-order valence-corrected chi connectivity index (χ3v) is 5.30. The Bertz CT molecular complexity index is 811. The molecule has 24 heavy (non-hydrogen) atoms. The molecule has 1 heterocycles. The second kappa shape index (κ2) is 5.78. The zero-order valence-corrected chi connectivity index (χ0v) is 13.6. The molecule has 0 spiro atoms. The average molecular weight is 320 g/mol. The summed E-state index contributed by atoms with van der Waals surface area (Å²) >= 11 is 0. The molecule has 2 aliphatic rings. The minimum absolute atomic E-state index is 0.142. The fourth-order valence-electron chi connectivity index (χ4n) is 4.00. The first kappa shape index (κ1) is 14.9. The summed E-state index contributed by atoms with van der Waals surface area (Å²) in [6.45, 7) is 2.18. The van der Waals surface area contributed by atoms with E-state index in [0.29, 0.717) is 11.8 Å². The van der Waals surface area contributed by atoms with Crippen LogP contribution in [0.25, 0.3) is 0 Å². The number of allylic oxidation sites excluding steroid dienone is 2. The number of hydrogen-bond acceptors (Lipinski definition) is 3. The van der Waals surface area contributed by atoms with Crippen LogP contribution in [0.4, 0.5) is 11.4 Å². The van der Waals surface area contributed by atoms with E-state index < -0.39 is 0 Å². The van der Waals surface area contributed by atoms with Crippen molar-refractivity contribution in [3.05, 3.63) is 81.4 Å². The number of non-ortho nitro benzene ring substituents is 1. The molecule has 3 atom stereocenters. The largest absolute Gasteiger partial charge is 0.378 e. The molecule has 0 radical (unpaired) electrons. The van der Waals surface area contributed by atoms with Gasteiger partial charge in [-0.2, -0.15) is 0 Å². The van der Waals surface area contributed by atoms with Gasteiger partial charge in [0.25, 0.3) is 5.69 Å². The highest BCUT2D eigenvalue weighted by atomic mass is 16.6. The smallest absolute Gasteiger partial charge is 0.269 e. The standard InChI is InChI=1S/C20H20N2O2/c1-2-13-6-11-19-18(12-13)16-4-3-5-17(16)20(21-19)14-7-9-15(10-8-14)22(23)24/h3-4,6-12,16-17,20-21H,2,5H2,1H3/t16-,17-,20+/m1/s1.